The lowest BCUT2D eigenvalue weighted by molar-refractivity contribution is -0.117. The van der Waals surface area contributed by atoms with E-state index in [1.807, 2.05) is 55.5 Å². The Kier molecular flexibility index (Phi) is 7.73. The van der Waals surface area contributed by atoms with Crippen molar-refractivity contribution in [3.05, 3.63) is 90.0 Å². The zero-order chi connectivity index (χ0) is 26.5. The molecule has 1 atom stereocenters. The number of fused-ring (bicyclic) bond motifs is 1. The van der Waals surface area contributed by atoms with E-state index in [1.54, 1.807) is 30.2 Å². The average molecular weight is 514 g/mol. The Morgan fingerprint density at radius 3 is 2.68 bits per heavy atom. The van der Waals surface area contributed by atoms with E-state index in [9.17, 15) is 9.18 Å². The molecule has 0 radical (unpaired) electrons. The standard InChI is InChI=1S/C31H32FN3O3/c1-3-10-22-15-16-28(29(19-22)37-2)38-18-9-8-17-34-27-14-7-5-12-25(27)33-31(34)23-20-30(36)35(21-23)26-13-6-4-11-24(26)32/h3-7,10-16,19,23H,8-9,17-18,20-21H2,1-2H3/b10-3+. The predicted molar refractivity (Wildman–Crippen MR) is 148 cm³/mol. The normalized spacial score (nSPS) is 15.6. The van der Waals surface area contributed by atoms with E-state index in [0.717, 1.165) is 47.6 Å². The van der Waals surface area contributed by atoms with Crippen LogP contribution in [0.3, 0.4) is 0 Å². The Morgan fingerprint density at radius 2 is 1.87 bits per heavy atom. The van der Waals surface area contributed by atoms with Crippen molar-refractivity contribution in [1.82, 2.24) is 9.55 Å². The zero-order valence-electron chi connectivity index (χ0n) is 21.8. The third-order valence-corrected chi connectivity index (χ3v) is 6.90. The van der Waals surface area contributed by atoms with Crippen LogP contribution in [-0.2, 0) is 11.3 Å². The summed E-state index contributed by atoms with van der Waals surface area (Å²) >= 11 is 0. The first-order valence-corrected chi connectivity index (χ1v) is 13.0. The molecule has 6 nitrogen and oxygen atoms in total. The van der Waals surface area contributed by atoms with Crippen LogP contribution >= 0.6 is 0 Å². The molecule has 1 amide bonds. The van der Waals surface area contributed by atoms with Gasteiger partial charge in [-0.25, -0.2) is 9.37 Å². The topological polar surface area (TPSA) is 56.6 Å². The minimum atomic E-state index is -0.386. The highest BCUT2D eigenvalue weighted by Gasteiger charge is 2.35. The molecule has 4 aromatic rings. The monoisotopic (exact) mass is 513 g/mol. The van der Waals surface area contributed by atoms with Crippen molar-refractivity contribution in [1.29, 1.82) is 0 Å². The molecular weight excluding hydrogens is 481 g/mol. The minimum Gasteiger partial charge on any atom is -0.493 e. The maximum atomic E-state index is 14.4. The van der Waals surface area contributed by atoms with Gasteiger partial charge >= 0.3 is 0 Å². The van der Waals surface area contributed by atoms with Gasteiger partial charge in [-0.15, -0.1) is 0 Å². The molecule has 2 heterocycles. The van der Waals surface area contributed by atoms with Gasteiger partial charge in [-0.3, -0.25) is 4.79 Å². The van der Waals surface area contributed by atoms with Crippen molar-refractivity contribution in [2.45, 2.75) is 38.6 Å². The van der Waals surface area contributed by atoms with Crippen LogP contribution in [0.2, 0.25) is 0 Å². The number of rotatable bonds is 10. The molecule has 1 unspecified atom stereocenters. The Labute approximate surface area is 222 Å². The molecule has 196 valence electrons. The lowest BCUT2D eigenvalue weighted by Gasteiger charge is -2.18. The third kappa shape index (κ3) is 5.28. The summed E-state index contributed by atoms with van der Waals surface area (Å²) in [5.74, 6) is 1.75. The van der Waals surface area contributed by atoms with Crippen molar-refractivity contribution in [2.75, 3.05) is 25.2 Å². The van der Waals surface area contributed by atoms with Crippen LogP contribution < -0.4 is 14.4 Å². The maximum absolute atomic E-state index is 14.4. The first-order valence-electron chi connectivity index (χ1n) is 13.0. The van der Waals surface area contributed by atoms with Gasteiger partial charge in [0.2, 0.25) is 5.91 Å². The third-order valence-electron chi connectivity index (χ3n) is 6.90. The largest absolute Gasteiger partial charge is 0.493 e. The van der Waals surface area contributed by atoms with Crippen LogP contribution in [0.1, 0.15) is 43.5 Å². The fourth-order valence-corrected chi connectivity index (χ4v) is 5.08. The number of aromatic nitrogens is 2. The van der Waals surface area contributed by atoms with Gasteiger partial charge in [0.25, 0.3) is 0 Å². The molecule has 7 heteroatoms. The molecule has 0 N–H and O–H groups in total. The van der Waals surface area contributed by atoms with E-state index in [1.165, 1.54) is 6.07 Å². The van der Waals surface area contributed by atoms with E-state index >= 15 is 0 Å². The number of halogens is 1. The smallest absolute Gasteiger partial charge is 0.227 e. The van der Waals surface area contributed by atoms with Crippen molar-refractivity contribution in [3.8, 4) is 11.5 Å². The fraction of sp³-hybridized carbons (Fsp3) is 0.290. The lowest BCUT2D eigenvalue weighted by atomic mass is 10.1. The van der Waals surface area contributed by atoms with Crippen molar-refractivity contribution in [2.24, 2.45) is 0 Å². The molecule has 0 spiro atoms. The summed E-state index contributed by atoms with van der Waals surface area (Å²) in [6, 6.07) is 20.4. The molecule has 38 heavy (non-hydrogen) atoms. The SMILES string of the molecule is C/C=C/c1ccc(OCCCCn2c(C3CC(=O)N(c4ccccc4F)C3)nc3ccccc32)c(OC)c1. The molecule has 0 saturated carbocycles. The van der Waals surface area contributed by atoms with Gasteiger partial charge in [0.05, 0.1) is 30.4 Å². The molecule has 0 bridgehead atoms. The number of ether oxygens (including phenoxy) is 2. The molecular formula is C31H32FN3O3. The summed E-state index contributed by atoms with van der Waals surface area (Å²) in [6.07, 6.45) is 6.04. The number of amides is 1. The van der Waals surface area contributed by atoms with Gasteiger partial charge in [0.15, 0.2) is 11.5 Å². The summed E-state index contributed by atoms with van der Waals surface area (Å²) in [5.41, 5.74) is 3.34. The number of imidazole rings is 1. The van der Waals surface area contributed by atoms with Crippen LogP contribution in [0.4, 0.5) is 10.1 Å². The van der Waals surface area contributed by atoms with Gasteiger partial charge in [0.1, 0.15) is 11.6 Å². The zero-order valence-corrected chi connectivity index (χ0v) is 21.8. The summed E-state index contributed by atoms with van der Waals surface area (Å²) in [4.78, 5) is 19.3. The van der Waals surface area contributed by atoms with Crippen LogP contribution in [-0.4, -0.2) is 35.7 Å². The predicted octanol–water partition coefficient (Wildman–Crippen LogP) is 6.60. The van der Waals surface area contributed by atoms with Crippen LogP contribution in [0.15, 0.2) is 72.8 Å². The van der Waals surface area contributed by atoms with Gasteiger partial charge in [0, 0.05) is 25.4 Å². The molecule has 1 aliphatic rings. The second kappa shape index (κ2) is 11.5. The van der Waals surface area contributed by atoms with E-state index < -0.39 is 0 Å². The number of carbonyl (C=O) groups excluding carboxylic acids is 1. The number of allylic oxidation sites excluding steroid dienone is 1. The first-order chi connectivity index (χ1) is 18.6. The van der Waals surface area contributed by atoms with Gasteiger partial charge in [-0.05, 0) is 61.7 Å². The quantitative estimate of drug-likeness (QED) is 0.224. The number of para-hydroxylation sites is 3. The number of anilines is 1. The van der Waals surface area contributed by atoms with Crippen LogP contribution in [0.25, 0.3) is 17.1 Å². The average Bonchev–Trinajstić information content (AvgIpc) is 3.50. The Balaban J connectivity index is 1.27. The number of benzene rings is 3. The molecule has 1 saturated heterocycles. The molecule has 5 rings (SSSR count). The van der Waals surface area contributed by atoms with Crippen LogP contribution in [0.5, 0.6) is 11.5 Å². The van der Waals surface area contributed by atoms with Crippen molar-refractivity contribution >= 4 is 28.7 Å². The van der Waals surface area contributed by atoms with Gasteiger partial charge in [-0.1, -0.05) is 42.5 Å². The number of carbonyl (C=O) groups is 1. The second-order valence-corrected chi connectivity index (χ2v) is 9.43. The van der Waals surface area contributed by atoms with E-state index in [2.05, 4.69) is 10.6 Å². The number of hydrogen-bond acceptors (Lipinski definition) is 4. The highest BCUT2D eigenvalue weighted by Crippen LogP contribution is 2.34. The highest BCUT2D eigenvalue weighted by atomic mass is 19.1. The molecule has 1 aliphatic heterocycles. The fourth-order valence-electron chi connectivity index (χ4n) is 5.08. The number of hydrogen-bond donors (Lipinski definition) is 0. The van der Waals surface area contributed by atoms with Gasteiger partial charge in [-0.2, -0.15) is 0 Å². The van der Waals surface area contributed by atoms with E-state index in [-0.39, 0.29) is 17.6 Å². The summed E-state index contributed by atoms with van der Waals surface area (Å²) in [5, 5.41) is 0. The van der Waals surface area contributed by atoms with E-state index in [0.29, 0.717) is 31.0 Å². The number of nitrogens with zero attached hydrogens (tertiary/aromatic N) is 3. The summed E-state index contributed by atoms with van der Waals surface area (Å²) in [6.45, 7) is 3.70. The Hall–Kier alpha value is -4.13. The minimum absolute atomic E-state index is 0.0819. The molecule has 3 aromatic carbocycles. The van der Waals surface area contributed by atoms with Crippen LogP contribution in [0, 0.1) is 5.82 Å². The Bertz CT molecular complexity index is 1460. The van der Waals surface area contributed by atoms with E-state index in [4.69, 9.17) is 14.5 Å². The number of methoxy groups -OCH3 is 1. The van der Waals surface area contributed by atoms with Gasteiger partial charge < -0.3 is 18.9 Å². The molecule has 1 fully saturated rings. The summed E-state index contributed by atoms with van der Waals surface area (Å²) < 4.78 is 28.2. The number of aryl methyl sites for hydroxylation is 1. The maximum Gasteiger partial charge on any atom is 0.227 e. The first kappa shape index (κ1) is 25.5. The number of unbranched alkanes of at least 4 members (excludes halogenated alkanes) is 1. The Morgan fingerprint density at radius 1 is 1.05 bits per heavy atom. The van der Waals surface area contributed by atoms with Crippen molar-refractivity contribution < 1.29 is 18.7 Å². The summed E-state index contributed by atoms with van der Waals surface area (Å²) in [7, 11) is 1.65. The van der Waals surface area contributed by atoms with Crippen molar-refractivity contribution in [3.63, 3.8) is 0 Å². The molecule has 1 aromatic heterocycles. The molecule has 0 aliphatic carbocycles. The lowest BCUT2D eigenvalue weighted by Crippen LogP contribution is -2.25. The second-order valence-electron chi connectivity index (χ2n) is 9.43. The highest BCUT2D eigenvalue weighted by molar-refractivity contribution is 5.96.